The maximum absolute atomic E-state index is 11.9. The molecule has 72 valence electrons. The summed E-state index contributed by atoms with van der Waals surface area (Å²) in [4.78, 5) is 11.9. The molecule has 0 radical (unpaired) electrons. The Labute approximate surface area is 89.1 Å². The highest BCUT2D eigenvalue weighted by Crippen LogP contribution is 2.30. The lowest BCUT2D eigenvalue weighted by Crippen LogP contribution is -2.22. The predicted octanol–water partition coefficient (Wildman–Crippen LogP) is 3.02. The molecule has 1 fully saturated rings. The molecule has 0 unspecified atom stereocenters. The van der Waals surface area contributed by atoms with Crippen LogP contribution in [0.3, 0.4) is 0 Å². The topological polar surface area (TPSA) is 17.1 Å². The van der Waals surface area contributed by atoms with Gasteiger partial charge in [0.2, 0.25) is 0 Å². The molecule has 0 saturated heterocycles. The lowest BCUT2D eigenvalue weighted by Gasteiger charge is -2.24. The van der Waals surface area contributed by atoms with Gasteiger partial charge < -0.3 is 0 Å². The SMILES string of the molecule is O=C(c1ccccc1C=S)C1CCC1. The maximum atomic E-state index is 11.9. The second kappa shape index (κ2) is 4.01. The fraction of sp³-hybridized carbons (Fsp3) is 0.333. The Kier molecular flexibility index (Phi) is 2.73. The van der Waals surface area contributed by atoms with Gasteiger partial charge in [-0.1, -0.05) is 42.9 Å². The number of hydrogen-bond donors (Lipinski definition) is 0. The molecule has 1 saturated carbocycles. The van der Waals surface area contributed by atoms with Crippen molar-refractivity contribution in [1.29, 1.82) is 0 Å². The van der Waals surface area contributed by atoms with Crippen LogP contribution in [0.2, 0.25) is 0 Å². The molecular formula is C12H12OS. The maximum Gasteiger partial charge on any atom is 0.166 e. The summed E-state index contributed by atoms with van der Waals surface area (Å²) in [6.45, 7) is 0. The van der Waals surface area contributed by atoms with Crippen LogP contribution >= 0.6 is 12.2 Å². The van der Waals surface area contributed by atoms with E-state index in [1.165, 1.54) is 6.42 Å². The van der Waals surface area contributed by atoms with Gasteiger partial charge in [-0.25, -0.2) is 0 Å². The van der Waals surface area contributed by atoms with Gasteiger partial charge in [-0.2, -0.15) is 0 Å². The third-order valence-corrected chi connectivity index (χ3v) is 3.08. The average molecular weight is 204 g/mol. The molecule has 1 aromatic rings. The number of Topliss-reactive ketones (excluding diaryl/α,β-unsaturated/α-hetero) is 1. The number of benzene rings is 1. The first-order valence-electron chi connectivity index (χ1n) is 4.91. The van der Waals surface area contributed by atoms with Crippen molar-refractivity contribution < 1.29 is 4.79 Å². The summed E-state index contributed by atoms with van der Waals surface area (Å²) in [6, 6.07) is 7.58. The van der Waals surface area contributed by atoms with E-state index < -0.39 is 0 Å². The Balaban J connectivity index is 2.29. The molecule has 2 rings (SSSR count). The average Bonchev–Trinajstić information content (AvgIpc) is 2.15. The molecule has 1 aliphatic rings. The molecule has 0 heterocycles. The van der Waals surface area contributed by atoms with Crippen LogP contribution in [0.5, 0.6) is 0 Å². The van der Waals surface area contributed by atoms with Gasteiger partial charge in [0.15, 0.2) is 5.78 Å². The van der Waals surface area contributed by atoms with Crippen molar-refractivity contribution in [3.05, 3.63) is 35.4 Å². The van der Waals surface area contributed by atoms with Crippen molar-refractivity contribution in [1.82, 2.24) is 0 Å². The number of carbonyl (C=O) groups is 1. The Hall–Kier alpha value is -1.02. The summed E-state index contributed by atoms with van der Waals surface area (Å²) in [5, 5.41) is 1.59. The van der Waals surface area contributed by atoms with Crippen LogP contribution in [0, 0.1) is 5.92 Å². The molecule has 14 heavy (non-hydrogen) atoms. The van der Waals surface area contributed by atoms with E-state index in [9.17, 15) is 4.79 Å². The highest BCUT2D eigenvalue weighted by atomic mass is 32.1. The third kappa shape index (κ3) is 1.62. The quantitative estimate of drug-likeness (QED) is 0.556. The van der Waals surface area contributed by atoms with Gasteiger partial charge in [0, 0.05) is 16.8 Å². The second-order valence-electron chi connectivity index (χ2n) is 3.70. The molecule has 1 aliphatic carbocycles. The highest BCUT2D eigenvalue weighted by molar-refractivity contribution is 7.79. The van der Waals surface area contributed by atoms with Gasteiger partial charge in [-0.15, -0.1) is 0 Å². The Morgan fingerprint density at radius 2 is 2.07 bits per heavy atom. The fourth-order valence-corrected chi connectivity index (χ4v) is 1.92. The summed E-state index contributed by atoms with van der Waals surface area (Å²) in [5.74, 6) is 0.527. The smallest absolute Gasteiger partial charge is 0.166 e. The Bertz CT molecular complexity index is 366. The Morgan fingerprint density at radius 3 is 2.64 bits per heavy atom. The van der Waals surface area contributed by atoms with E-state index in [1.54, 1.807) is 5.37 Å². The van der Waals surface area contributed by atoms with Gasteiger partial charge >= 0.3 is 0 Å². The monoisotopic (exact) mass is 204 g/mol. The molecular weight excluding hydrogens is 192 g/mol. The number of ketones is 1. The largest absolute Gasteiger partial charge is 0.294 e. The van der Waals surface area contributed by atoms with Gasteiger partial charge in [0.1, 0.15) is 0 Å². The van der Waals surface area contributed by atoms with Crippen LogP contribution in [-0.4, -0.2) is 11.2 Å². The molecule has 1 aromatic carbocycles. The summed E-state index contributed by atoms with van der Waals surface area (Å²) in [7, 11) is 0. The number of thiocarbonyl (C=S) groups is 1. The lowest BCUT2D eigenvalue weighted by molar-refractivity contribution is 0.0855. The van der Waals surface area contributed by atoms with Gasteiger partial charge in [-0.3, -0.25) is 4.79 Å². The summed E-state index contributed by atoms with van der Waals surface area (Å²) >= 11 is 4.89. The van der Waals surface area contributed by atoms with Crippen molar-refractivity contribution in [2.75, 3.05) is 0 Å². The molecule has 0 aromatic heterocycles. The van der Waals surface area contributed by atoms with Crippen molar-refractivity contribution in [2.45, 2.75) is 19.3 Å². The van der Waals surface area contributed by atoms with Crippen molar-refractivity contribution in [2.24, 2.45) is 5.92 Å². The van der Waals surface area contributed by atoms with Gasteiger partial charge in [0.05, 0.1) is 0 Å². The first-order chi connectivity index (χ1) is 6.83. The van der Waals surface area contributed by atoms with Gasteiger partial charge in [-0.05, 0) is 18.4 Å². The van der Waals surface area contributed by atoms with E-state index in [2.05, 4.69) is 0 Å². The Morgan fingerprint density at radius 1 is 1.36 bits per heavy atom. The highest BCUT2D eigenvalue weighted by Gasteiger charge is 2.26. The van der Waals surface area contributed by atoms with Crippen LogP contribution < -0.4 is 0 Å². The van der Waals surface area contributed by atoms with Crippen molar-refractivity contribution in [3.8, 4) is 0 Å². The molecule has 0 bridgehead atoms. The van der Waals surface area contributed by atoms with Crippen molar-refractivity contribution >= 4 is 23.4 Å². The molecule has 0 atom stereocenters. The zero-order chi connectivity index (χ0) is 9.97. The van der Waals surface area contributed by atoms with E-state index in [1.807, 2.05) is 24.3 Å². The molecule has 1 nitrogen and oxygen atoms in total. The minimum atomic E-state index is 0.256. The first kappa shape index (κ1) is 9.53. The fourth-order valence-electron chi connectivity index (χ4n) is 1.71. The predicted molar refractivity (Wildman–Crippen MR) is 60.9 cm³/mol. The second-order valence-corrected chi connectivity index (χ2v) is 3.93. The van der Waals surface area contributed by atoms with E-state index in [0.29, 0.717) is 0 Å². The van der Waals surface area contributed by atoms with E-state index >= 15 is 0 Å². The number of hydrogen-bond acceptors (Lipinski definition) is 2. The minimum absolute atomic E-state index is 0.256. The lowest BCUT2D eigenvalue weighted by atomic mass is 9.79. The molecule has 2 heteroatoms. The van der Waals surface area contributed by atoms with Crippen LogP contribution in [0.25, 0.3) is 0 Å². The van der Waals surface area contributed by atoms with Crippen LogP contribution in [0.15, 0.2) is 24.3 Å². The third-order valence-electron chi connectivity index (χ3n) is 2.83. The molecule has 0 spiro atoms. The van der Waals surface area contributed by atoms with Crippen LogP contribution in [0.1, 0.15) is 35.2 Å². The van der Waals surface area contributed by atoms with Crippen LogP contribution in [-0.2, 0) is 0 Å². The van der Waals surface area contributed by atoms with Gasteiger partial charge in [0.25, 0.3) is 0 Å². The summed E-state index contributed by atoms with van der Waals surface area (Å²) < 4.78 is 0. The summed E-state index contributed by atoms with van der Waals surface area (Å²) in [5.41, 5.74) is 1.69. The van der Waals surface area contributed by atoms with Crippen molar-refractivity contribution in [3.63, 3.8) is 0 Å². The van der Waals surface area contributed by atoms with E-state index in [0.717, 1.165) is 24.0 Å². The number of carbonyl (C=O) groups excluding carboxylic acids is 1. The molecule has 0 aliphatic heterocycles. The number of rotatable bonds is 3. The zero-order valence-corrected chi connectivity index (χ0v) is 8.72. The summed E-state index contributed by atoms with van der Waals surface area (Å²) in [6.07, 6.45) is 3.28. The van der Waals surface area contributed by atoms with E-state index in [-0.39, 0.29) is 11.7 Å². The molecule has 0 N–H and O–H groups in total. The standard InChI is InChI=1S/C12H12OS/c13-12(9-5-3-6-9)11-7-2-1-4-10(11)8-14/h1-2,4,7-9H,3,5-6H2. The van der Waals surface area contributed by atoms with Crippen LogP contribution in [0.4, 0.5) is 0 Å². The molecule has 0 amide bonds. The minimum Gasteiger partial charge on any atom is -0.294 e. The first-order valence-corrected chi connectivity index (χ1v) is 5.38. The van der Waals surface area contributed by atoms with E-state index in [4.69, 9.17) is 12.2 Å². The normalized spacial score (nSPS) is 16.0. The zero-order valence-electron chi connectivity index (χ0n) is 7.90.